The molecule has 0 unspecified atom stereocenters. The van der Waals surface area contributed by atoms with Crippen LogP contribution in [0.1, 0.15) is 35.0 Å². The number of nitrogens with zero attached hydrogens (tertiary/aromatic N) is 2. The van der Waals surface area contributed by atoms with Gasteiger partial charge in [-0.2, -0.15) is 4.98 Å². The molecule has 6 nitrogen and oxygen atoms in total. The van der Waals surface area contributed by atoms with E-state index in [1.54, 1.807) is 19.1 Å². The molecule has 0 spiro atoms. The van der Waals surface area contributed by atoms with Crippen LogP contribution in [0.3, 0.4) is 0 Å². The zero-order valence-electron chi connectivity index (χ0n) is 12.2. The summed E-state index contributed by atoms with van der Waals surface area (Å²) >= 11 is 0. The zero-order chi connectivity index (χ0) is 15.5. The topological polar surface area (TPSA) is 81.2 Å². The number of hydrogen-bond acceptors (Lipinski definition) is 5. The van der Waals surface area contributed by atoms with Crippen molar-refractivity contribution >= 4 is 5.91 Å². The lowest BCUT2D eigenvalue weighted by atomic mass is 10.1. The van der Waals surface area contributed by atoms with Gasteiger partial charge in [-0.05, 0) is 26.0 Å². The lowest BCUT2D eigenvalue weighted by molar-refractivity contribution is 0.0904. The third kappa shape index (κ3) is 2.90. The van der Waals surface area contributed by atoms with Gasteiger partial charge in [0.15, 0.2) is 5.76 Å². The molecule has 2 aromatic heterocycles. The Bertz CT molecular complexity index is 760. The van der Waals surface area contributed by atoms with E-state index in [0.29, 0.717) is 11.7 Å². The van der Waals surface area contributed by atoms with Crippen LogP contribution in [0.15, 0.2) is 51.6 Å². The Labute approximate surface area is 127 Å². The second-order valence-electron chi connectivity index (χ2n) is 4.99. The van der Waals surface area contributed by atoms with Crippen LogP contribution in [-0.2, 0) is 0 Å². The molecule has 1 amide bonds. The third-order valence-corrected chi connectivity index (χ3v) is 3.21. The van der Waals surface area contributed by atoms with Crippen LogP contribution >= 0.6 is 0 Å². The van der Waals surface area contributed by atoms with Crippen molar-refractivity contribution in [3.8, 4) is 11.4 Å². The quantitative estimate of drug-likeness (QED) is 0.800. The Balaban J connectivity index is 1.73. The average molecular weight is 297 g/mol. The first-order valence-corrected chi connectivity index (χ1v) is 6.88. The first kappa shape index (κ1) is 14.1. The molecular formula is C16H15N3O3. The molecule has 0 radical (unpaired) electrons. The lowest BCUT2D eigenvalue weighted by Crippen LogP contribution is -2.26. The second kappa shape index (κ2) is 5.85. The van der Waals surface area contributed by atoms with E-state index in [4.69, 9.17) is 8.94 Å². The van der Waals surface area contributed by atoms with Crippen molar-refractivity contribution in [1.82, 2.24) is 15.5 Å². The molecule has 1 aromatic carbocycles. The molecule has 6 heteroatoms. The van der Waals surface area contributed by atoms with E-state index in [9.17, 15) is 4.79 Å². The fourth-order valence-electron chi connectivity index (χ4n) is 1.97. The van der Waals surface area contributed by atoms with E-state index in [-0.39, 0.29) is 11.7 Å². The summed E-state index contributed by atoms with van der Waals surface area (Å²) in [5, 5.41) is 6.69. The van der Waals surface area contributed by atoms with Gasteiger partial charge in [-0.1, -0.05) is 35.0 Å². The highest BCUT2D eigenvalue weighted by Crippen LogP contribution is 2.19. The van der Waals surface area contributed by atoms with Crippen LogP contribution < -0.4 is 5.32 Å². The van der Waals surface area contributed by atoms with Crippen molar-refractivity contribution in [1.29, 1.82) is 0 Å². The molecule has 0 saturated heterocycles. The first-order valence-electron chi connectivity index (χ1n) is 6.88. The van der Waals surface area contributed by atoms with Crippen molar-refractivity contribution in [2.45, 2.75) is 19.9 Å². The van der Waals surface area contributed by atoms with Crippen LogP contribution in [-0.4, -0.2) is 16.0 Å². The minimum Gasteiger partial charge on any atom is -0.459 e. The summed E-state index contributed by atoms with van der Waals surface area (Å²) in [5.41, 5.74) is 2.02. The van der Waals surface area contributed by atoms with E-state index in [0.717, 1.165) is 11.1 Å². The summed E-state index contributed by atoms with van der Waals surface area (Å²) in [4.78, 5) is 16.2. The molecule has 0 bridgehead atoms. The minimum atomic E-state index is -0.413. The van der Waals surface area contributed by atoms with Gasteiger partial charge in [0.05, 0.1) is 6.26 Å². The third-order valence-electron chi connectivity index (χ3n) is 3.21. The number of carbonyl (C=O) groups excluding carboxylic acids is 1. The number of benzene rings is 1. The molecule has 112 valence electrons. The highest BCUT2D eigenvalue weighted by molar-refractivity contribution is 5.91. The predicted molar refractivity (Wildman–Crippen MR) is 79.1 cm³/mol. The summed E-state index contributed by atoms with van der Waals surface area (Å²) in [7, 11) is 0. The Morgan fingerprint density at radius 1 is 1.23 bits per heavy atom. The molecule has 1 N–H and O–H groups in total. The Hall–Kier alpha value is -2.89. The lowest BCUT2D eigenvalue weighted by Gasteiger charge is -2.07. The molecule has 22 heavy (non-hydrogen) atoms. The number of aryl methyl sites for hydroxylation is 1. The van der Waals surface area contributed by atoms with Crippen LogP contribution in [0.4, 0.5) is 0 Å². The van der Waals surface area contributed by atoms with E-state index >= 15 is 0 Å². The van der Waals surface area contributed by atoms with Crippen LogP contribution in [0.25, 0.3) is 11.4 Å². The number of rotatable bonds is 4. The number of nitrogens with one attached hydrogen (secondary N) is 1. The van der Waals surface area contributed by atoms with Crippen LogP contribution in [0.2, 0.25) is 0 Å². The van der Waals surface area contributed by atoms with Gasteiger partial charge in [0, 0.05) is 5.56 Å². The minimum absolute atomic E-state index is 0.241. The average Bonchev–Trinajstić information content (AvgIpc) is 3.20. The molecular weight excluding hydrogens is 282 g/mol. The van der Waals surface area contributed by atoms with Crippen molar-refractivity contribution in [3.05, 3.63) is 59.9 Å². The van der Waals surface area contributed by atoms with Crippen molar-refractivity contribution < 1.29 is 13.7 Å². The van der Waals surface area contributed by atoms with Gasteiger partial charge in [0.1, 0.15) is 6.04 Å². The zero-order valence-corrected chi connectivity index (χ0v) is 12.2. The summed E-state index contributed by atoms with van der Waals surface area (Å²) in [6.45, 7) is 3.78. The molecule has 0 aliphatic rings. The molecule has 3 aromatic rings. The smallest absolute Gasteiger partial charge is 0.287 e. The maximum atomic E-state index is 11.9. The van der Waals surface area contributed by atoms with Crippen LogP contribution in [0.5, 0.6) is 0 Å². The molecule has 0 fully saturated rings. The van der Waals surface area contributed by atoms with Crippen LogP contribution in [0, 0.1) is 6.92 Å². The highest BCUT2D eigenvalue weighted by Gasteiger charge is 2.19. The maximum Gasteiger partial charge on any atom is 0.287 e. The molecule has 0 saturated carbocycles. The number of carbonyl (C=O) groups is 1. The van der Waals surface area contributed by atoms with Crippen molar-refractivity contribution in [3.63, 3.8) is 0 Å². The summed E-state index contributed by atoms with van der Waals surface area (Å²) < 4.78 is 10.3. The fraction of sp³-hybridized carbons (Fsp3) is 0.188. The standard InChI is InChI=1S/C16H15N3O3/c1-10-5-7-12(8-6-10)14-18-16(22-19-14)11(2)17-15(20)13-4-3-9-21-13/h3-9,11H,1-2H3,(H,17,20)/t11-/m0/s1. The second-order valence-corrected chi connectivity index (χ2v) is 4.99. The summed E-state index contributed by atoms with van der Waals surface area (Å²) in [5.74, 6) is 0.752. The highest BCUT2D eigenvalue weighted by atomic mass is 16.5. The largest absolute Gasteiger partial charge is 0.459 e. The molecule has 3 rings (SSSR count). The maximum absolute atomic E-state index is 11.9. The van der Waals surface area contributed by atoms with Gasteiger partial charge in [0.2, 0.25) is 11.7 Å². The number of amides is 1. The van der Waals surface area contributed by atoms with E-state index < -0.39 is 6.04 Å². The SMILES string of the molecule is Cc1ccc(-c2noc([C@H](C)NC(=O)c3ccco3)n2)cc1. The van der Waals surface area contributed by atoms with E-state index in [1.807, 2.05) is 31.2 Å². The number of hydrogen-bond donors (Lipinski definition) is 1. The van der Waals surface area contributed by atoms with Gasteiger partial charge in [-0.25, -0.2) is 0 Å². The normalized spacial score (nSPS) is 12.1. The number of furan rings is 1. The Morgan fingerprint density at radius 2 is 2.00 bits per heavy atom. The summed E-state index contributed by atoms with van der Waals surface area (Å²) in [6, 6.07) is 10.6. The van der Waals surface area contributed by atoms with Gasteiger partial charge in [0.25, 0.3) is 5.91 Å². The van der Waals surface area contributed by atoms with Gasteiger partial charge < -0.3 is 14.3 Å². The Morgan fingerprint density at radius 3 is 2.68 bits per heavy atom. The van der Waals surface area contributed by atoms with Gasteiger partial charge in [-0.15, -0.1) is 0 Å². The van der Waals surface area contributed by atoms with E-state index in [2.05, 4.69) is 15.5 Å². The number of aromatic nitrogens is 2. The first-order chi connectivity index (χ1) is 10.6. The molecule has 2 heterocycles. The summed E-state index contributed by atoms with van der Waals surface area (Å²) in [6.07, 6.45) is 1.45. The molecule has 0 aliphatic heterocycles. The molecule has 0 aliphatic carbocycles. The van der Waals surface area contributed by atoms with Crippen molar-refractivity contribution in [2.24, 2.45) is 0 Å². The fourth-order valence-corrected chi connectivity index (χ4v) is 1.97. The van der Waals surface area contributed by atoms with Gasteiger partial charge >= 0.3 is 0 Å². The monoisotopic (exact) mass is 297 g/mol. The molecule has 1 atom stereocenters. The van der Waals surface area contributed by atoms with Gasteiger partial charge in [-0.3, -0.25) is 4.79 Å². The van der Waals surface area contributed by atoms with E-state index in [1.165, 1.54) is 6.26 Å². The predicted octanol–water partition coefficient (Wildman–Crippen LogP) is 3.13. The van der Waals surface area contributed by atoms with Crippen molar-refractivity contribution in [2.75, 3.05) is 0 Å². The Kier molecular flexibility index (Phi) is 3.74.